The lowest BCUT2D eigenvalue weighted by Crippen LogP contribution is -2.32. The fraction of sp³-hybridized carbons (Fsp3) is 0.600. The van der Waals surface area contributed by atoms with Crippen molar-refractivity contribution in [3.63, 3.8) is 0 Å². The van der Waals surface area contributed by atoms with E-state index in [4.69, 9.17) is 28.9 Å². The van der Waals surface area contributed by atoms with Gasteiger partial charge in [0.05, 0.1) is 0 Å². The van der Waals surface area contributed by atoms with Gasteiger partial charge in [0.1, 0.15) is 0 Å². The van der Waals surface area contributed by atoms with Crippen molar-refractivity contribution in [2.75, 3.05) is 19.6 Å². The van der Waals surface area contributed by atoms with Crippen molar-refractivity contribution in [3.8, 4) is 0 Å². The molecule has 1 aliphatic heterocycles. The van der Waals surface area contributed by atoms with Crippen LogP contribution in [0.15, 0.2) is 18.2 Å². The average molecular weight is 301 g/mol. The Kier molecular flexibility index (Phi) is 5.52. The first-order valence-electron chi connectivity index (χ1n) is 7.04. The van der Waals surface area contributed by atoms with E-state index in [1.165, 1.54) is 19.3 Å². The quantitative estimate of drug-likeness (QED) is 0.886. The zero-order chi connectivity index (χ0) is 13.8. The summed E-state index contributed by atoms with van der Waals surface area (Å²) in [6, 6.07) is 5.92. The van der Waals surface area contributed by atoms with Crippen LogP contribution in [0.1, 0.15) is 37.8 Å². The van der Waals surface area contributed by atoms with Crippen LogP contribution < -0.4 is 5.73 Å². The predicted octanol–water partition coefficient (Wildman–Crippen LogP) is 4.12. The van der Waals surface area contributed by atoms with Gasteiger partial charge in [0.25, 0.3) is 0 Å². The van der Waals surface area contributed by atoms with Crippen molar-refractivity contribution in [3.05, 3.63) is 33.8 Å². The van der Waals surface area contributed by atoms with Crippen LogP contribution in [0.25, 0.3) is 0 Å². The Balaban J connectivity index is 2.12. The lowest BCUT2D eigenvalue weighted by atomic mass is 10.0. The van der Waals surface area contributed by atoms with Crippen LogP contribution >= 0.6 is 23.2 Å². The molecule has 1 saturated heterocycles. The Labute approximate surface area is 125 Å². The van der Waals surface area contributed by atoms with Crippen molar-refractivity contribution < 1.29 is 0 Å². The molecule has 1 aromatic carbocycles. The third-order valence-corrected chi connectivity index (χ3v) is 4.56. The van der Waals surface area contributed by atoms with Crippen molar-refractivity contribution in [1.82, 2.24) is 4.90 Å². The van der Waals surface area contributed by atoms with Crippen LogP contribution in [0, 0.1) is 5.92 Å². The second kappa shape index (κ2) is 6.94. The summed E-state index contributed by atoms with van der Waals surface area (Å²) >= 11 is 12.3. The highest BCUT2D eigenvalue weighted by atomic mass is 35.5. The van der Waals surface area contributed by atoms with Gasteiger partial charge < -0.3 is 5.73 Å². The van der Waals surface area contributed by atoms with Crippen LogP contribution in [-0.4, -0.2) is 24.5 Å². The molecule has 19 heavy (non-hydrogen) atoms. The maximum atomic E-state index is 6.31. The molecular formula is C15H22Cl2N2. The molecule has 1 heterocycles. The number of hydrogen-bond acceptors (Lipinski definition) is 2. The van der Waals surface area contributed by atoms with Crippen LogP contribution in [0.5, 0.6) is 0 Å². The van der Waals surface area contributed by atoms with E-state index < -0.39 is 0 Å². The van der Waals surface area contributed by atoms with Gasteiger partial charge in [-0.1, -0.05) is 42.6 Å². The number of rotatable bonds is 5. The van der Waals surface area contributed by atoms with Gasteiger partial charge in [0.15, 0.2) is 0 Å². The van der Waals surface area contributed by atoms with Gasteiger partial charge >= 0.3 is 0 Å². The summed E-state index contributed by atoms with van der Waals surface area (Å²) in [5.74, 6) is 0.810. The molecule has 1 aromatic rings. The minimum Gasteiger partial charge on any atom is -0.329 e. The number of halogens is 2. The molecule has 2 unspecified atom stereocenters. The number of likely N-dealkylation sites (tertiary alicyclic amines) is 1. The van der Waals surface area contributed by atoms with E-state index in [9.17, 15) is 0 Å². The Hall–Kier alpha value is -0.280. The monoisotopic (exact) mass is 300 g/mol. The summed E-state index contributed by atoms with van der Waals surface area (Å²) in [5.41, 5.74) is 7.08. The van der Waals surface area contributed by atoms with E-state index in [-0.39, 0.29) is 6.04 Å². The maximum absolute atomic E-state index is 6.31. The van der Waals surface area contributed by atoms with Crippen molar-refractivity contribution in [2.24, 2.45) is 11.7 Å². The Morgan fingerprint density at radius 3 is 2.84 bits per heavy atom. The van der Waals surface area contributed by atoms with E-state index in [1.807, 2.05) is 12.1 Å². The third kappa shape index (κ3) is 3.63. The lowest BCUT2D eigenvalue weighted by Gasteiger charge is -2.28. The third-order valence-electron chi connectivity index (χ3n) is 4.00. The highest BCUT2D eigenvalue weighted by molar-refractivity contribution is 6.35. The Morgan fingerprint density at radius 2 is 2.21 bits per heavy atom. The second-order valence-electron chi connectivity index (χ2n) is 5.36. The molecule has 4 heteroatoms. The molecule has 2 nitrogen and oxygen atoms in total. The molecule has 0 aliphatic carbocycles. The van der Waals surface area contributed by atoms with Gasteiger partial charge in [-0.3, -0.25) is 4.90 Å². The second-order valence-corrected chi connectivity index (χ2v) is 6.20. The van der Waals surface area contributed by atoms with Gasteiger partial charge in [0, 0.05) is 29.2 Å². The van der Waals surface area contributed by atoms with Crippen LogP contribution in [0.3, 0.4) is 0 Å². The normalized spacial score (nSPS) is 21.8. The van der Waals surface area contributed by atoms with Gasteiger partial charge in [-0.25, -0.2) is 0 Å². The summed E-state index contributed by atoms with van der Waals surface area (Å²) < 4.78 is 0. The topological polar surface area (TPSA) is 29.3 Å². The van der Waals surface area contributed by atoms with Gasteiger partial charge in [-0.15, -0.1) is 0 Å². The van der Waals surface area contributed by atoms with Crippen LogP contribution in [0.4, 0.5) is 0 Å². The molecule has 0 amide bonds. The molecular weight excluding hydrogens is 279 g/mol. The number of nitrogens with two attached hydrogens (primary N) is 1. The van der Waals surface area contributed by atoms with Crippen LogP contribution in [0.2, 0.25) is 10.0 Å². The average Bonchev–Trinajstić information content (AvgIpc) is 2.82. The standard InChI is InChI=1S/C15H22Cl2N2/c1-2-3-11-6-7-19(10-11)15(9-18)13-5-4-12(16)8-14(13)17/h4-5,8,11,15H,2-3,6-7,9-10,18H2,1H3. The number of benzene rings is 1. The molecule has 0 bridgehead atoms. The summed E-state index contributed by atoms with van der Waals surface area (Å²) in [6.07, 6.45) is 3.84. The number of hydrogen-bond donors (Lipinski definition) is 1. The fourth-order valence-corrected chi connectivity index (χ4v) is 3.57. The van der Waals surface area contributed by atoms with Crippen molar-refractivity contribution in [1.29, 1.82) is 0 Å². The molecule has 0 aromatic heterocycles. The molecule has 2 N–H and O–H groups in total. The largest absolute Gasteiger partial charge is 0.329 e. The smallest absolute Gasteiger partial charge is 0.0485 e. The number of nitrogens with zero attached hydrogens (tertiary/aromatic N) is 1. The maximum Gasteiger partial charge on any atom is 0.0485 e. The first kappa shape index (κ1) is 15.1. The highest BCUT2D eigenvalue weighted by Crippen LogP contribution is 2.33. The minimum atomic E-state index is 0.214. The Bertz CT molecular complexity index is 423. The van der Waals surface area contributed by atoms with E-state index in [1.54, 1.807) is 6.07 Å². The summed E-state index contributed by atoms with van der Waals surface area (Å²) in [5, 5.41) is 1.40. The molecule has 106 valence electrons. The molecule has 0 radical (unpaired) electrons. The first-order valence-corrected chi connectivity index (χ1v) is 7.80. The lowest BCUT2D eigenvalue weighted by molar-refractivity contribution is 0.240. The SMILES string of the molecule is CCCC1CCN(C(CN)c2ccc(Cl)cc2Cl)C1. The molecule has 1 aliphatic rings. The summed E-state index contributed by atoms with van der Waals surface area (Å²) in [7, 11) is 0. The highest BCUT2D eigenvalue weighted by Gasteiger charge is 2.28. The van der Waals surface area contributed by atoms with Gasteiger partial charge in [-0.05, 0) is 43.0 Å². The van der Waals surface area contributed by atoms with E-state index in [0.29, 0.717) is 11.6 Å². The van der Waals surface area contributed by atoms with E-state index in [2.05, 4.69) is 11.8 Å². The van der Waals surface area contributed by atoms with Crippen molar-refractivity contribution >= 4 is 23.2 Å². The molecule has 0 spiro atoms. The van der Waals surface area contributed by atoms with E-state index in [0.717, 1.165) is 29.6 Å². The van der Waals surface area contributed by atoms with E-state index >= 15 is 0 Å². The molecule has 2 atom stereocenters. The zero-order valence-electron chi connectivity index (χ0n) is 11.4. The van der Waals surface area contributed by atoms with Crippen LogP contribution in [-0.2, 0) is 0 Å². The first-order chi connectivity index (χ1) is 9.15. The fourth-order valence-electron chi connectivity index (χ4n) is 3.03. The minimum absolute atomic E-state index is 0.214. The zero-order valence-corrected chi connectivity index (χ0v) is 12.9. The summed E-state index contributed by atoms with van der Waals surface area (Å²) in [4.78, 5) is 2.47. The predicted molar refractivity (Wildman–Crippen MR) is 82.8 cm³/mol. The van der Waals surface area contributed by atoms with Gasteiger partial charge in [0.2, 0.25) is 0 Å². The summed E-state index contributed by atoms with van der Waals surface area (Å²) in [6.45, 7) is 5.10. The molecule has 0 saturated carbocycles. The Morgan fingerprint density at radius 1 is 1.42 bits per heavy atom. The van der Waals surface area contributed by atoms with Crippen molar-refractivity contribution in [2.45, 2.75) is 32.2 Å². The molecule has 1 fully saturated rings. The van der Waals surface area contributed by atoms with Gasteiger partial charge in [-0.2, -0.15) is 0 Å². The molecule has 2 rings (SSSR count).